The zero-order valence-corrected chi connectivity index (χ0v) is 25.8. The maximum Gasteiger partial charge on any atom is 0.338 e. The molecule has 2 heterocycles. The number of fused-ring (bicyclic) bond motifs is 4. The molecule has 0 unspecified atom stereocenters. The first-order valence-corrected chi connectivity index (χ1v) is 15.4. The maximum atomic E-state index is 13.6. The van der Waals surface area contributed by atoms with E-state index in [1.807, 2.05) is 72.8 Å². The minimum atomic E-state index is -0.431. The number of carbonyl (C=O) groups excluding carboxylic acids is 2. The van der Waals surface area contributed by atoms with Crippen molar-refractivity contribution in [3.8, 4) is 23.0 Å². The fourth-order valence-corrected chi connectivity index (χ4v) is 6.15. The molecule has 4 aromatic rings. The van der Waals surface area contributed by atoms with Crippen LogP contribution in [0.4, 0.5) is 0 Å². The van der Waals surface area contributed by atoms with Crippen molar-refractivity contribution in [2.75, 3.05) is 13.2 Å². The second-order valence-corrected chi connectivity index (χ2v) is 12.4. The molecule has 226 valence electrons. The highest BCUT2D eigenvalue weighted by Crippen LogP contribution is 2.41. The predicted octanol–water partition coefficient (Wildman–Crippen LogP) is 8.49. The van der Waals surface area contributed by atoms with Crippen molar-refractivity contribution in [3.63, 3.8) is 0 Å². The third-order valence-corrected chi connectivity index (χ3v) is 8.05. The average Bonchev–Trinajstić information content (AvgIpc) is 3.00. The van der Waals surface area contributed by atoms with Crippen LogP contribution in [0.15, 0.2) is 72.8 Å². The fourth-order valence-electron chi connectivity index (χ4n) is 6.15. The van der Waals surface area contributed by atoms with E-state index in [1.165, 1.54) is 0 Å². The van der Waals surface area contributed by atoms with Gasteiger partial charge in [0.05, 0.1) is 11.1 Å². The number of ether oxygens (including phenoxy) is 4. The molecule has 0 aliphatic carbocycles. The zero-order chi connectivity index (χ0) is 30.8. The first kappa shape index (κ1) is 29.5. The third kappa shape index (κ3) is 6.07. The van der Waals surface area contributed by atoms with Crippen LogP contribution in [0.3, 0.4) is 0 Å². The number of para-hydroxylation sites is 2. The minimum absolute atomic E-state index is 0.0549. The second kappa shape index (κ2) is 12.6. The van der Waals surface area contributed by atoms with E-state index in [-0.39, 0.29) is 13.2 Å². The summed E-state index contributed by atoms with van der Waals surface area (Å²) in [5.74, 6) is 2.79. The summed E-state index contributed by atoms with van der Waals surface area (Å²) in [4.78, 5) is 27.2. The lowest BCUT2D eigenvalue weighted by atomic mass is 9.89. The van der Waals surface area contributed by atoms with Crippen LogP contribution >= 0.6 is 0 Å². The van der Waals surface area contributed by atoms with Crippen molar-refractivity contribution < 1.29 is 28.5 Å². The maximum absolute atomic E-state index is 13.6. The van der Waals surface area contributed by atoms with Crippen LogP contribution in [0.2, 0.25) is 0 Å². The number of hydrogen-bond donors (Lipinski definition) is 0. The zero-order valence-electron chi connectivity index (χ0n) is 25.8. The topological polar surface area (TPSA) is 71.1 Å². The van der Waals surface area contributed by atoms with Gasteiger partial charge in [-0.15, -0.1) is 0 Å². The van der Waals surface area contributed by atoms with Crippen LogP contribution in [0, 0.1) is 11.8 Å². The first-order valence-electron chi connectivity index (χ1n) is 15.4. The highest BCUT2D eigenvalue weighted by Gasteiger charge is 2.28. The summed E-state index contributed by atoms with van der Waals surface area (Å²) < 4.78 is 23.8. The Labute approximate surface area is 258 Å². The van der Waals surface area contributed by atoms with E-state index in [4.69, 9.17) is 18.9 Å². The van der Waals surface area contributed by atoms with E-state index in [0.29, 0.717) is 47.3 Å². The van der Waals surface area contributed by atoms with Gasteiger partial charge in [-0.2, -0.15) is 0 Å². The van der Waals surface area contributed by atoms with Gasteiger partial charge in [0.15, 0.2) is 0 Å². The molecule has 0 bridgehead atoms. The van der Waals surface area contributed by atoms with Crippen LogP contribution in [-0.2, 0) is 35.2 Å². The van der Waals surface area contributed by atoms with Crippen molar-refractivity contribution in [2.24, 2.45) is 11.8 Å². The van der Waals surface area contributed by atoms with Crippen LogP contribution in [0.5, 0.6) is 23.0 Å². The Morgan fingerprint density at radius 2 is 1.00 bits per heavy atom. The van der Waals surface area contributed by atoms with E-state index in [9.17, 15) is 9.59 Å². The molecule has 0 radical (unpaired) electrons. The SMILES string of the molecule is CC(C)Cc1ccc2c(c1C(=O)OCCOC(=O)c1c(CC(C)C)ccc3c1Cc1ccccc1O3)Cc1ccccc1O2. The molecule has 2 aliphatic rings. The van der Waals surface area contributed by atoms with Gasteiger partial charge < -0.3 is 18.9 Å². The van der Waals surface area contributed by atoms with Gasteiger partial charge >= 0.3 is 11.9 Å². The largest absolute Gasteiger partial charge is 0.458 e. The molecule has 4 aromatic carbocycles. The van der Waals surface area contributed by atoms with Gasteiger partial charge in [-0.1, -0.05) is 76.2 Å². The monoisotopic (exact) mass is 590 g/mol. The molecule has 0 saturated heterocycles. The molecule has 0 spiro atoms. The van der Waals surface area contributed by atoms with E-state index in [1.54, 1.807) is 0 Å². The van der Waals surface area contributed by atoms with Gasteiger partial charge in [-0.05, 0) is 71.2 Å². The molecular weight excluding hydrogens is 552 g/mol. The van der Waals surface area contributed by atoms with E-state index in [0.717, 1.165) is 57.7 Å². The predicted molar refractivity (Wildman–Crippen MR) is 169 cm³/mol. The van der Waals surface area contributed by atoms with Gasteiger partial charge in [-0.25, -0.2) is 9.59 Å². The lowest BCUT2D eigenvalue weighted by Gasteiger charge is -2.24. The van der Waals surface area contributed by atoms with Crippen LogP contribution < -0.4 is 9.47 Å². The Morgan fingerprint density at radius 3 is 1.41 bits per heavy atom. The summed E-state index contributed by atoms with van der Waals surface area (Å²) in [6.07, 6.45) is 2.63. The Morgan fingerprint density at radius 1 is 0.591 bits per heavy atom. The summed E-state index contributed by atoms with van der Waals surface area (Å²) >= 11 is 0. The third-order valence-electron chi connectivity index (χ3n) is 8.05. The Hall–Kier alpha value is -4.58. The van der Waals surface area contributed by atoms with Gasteiger partial charge in [0.2, 0.25) is 0 Å². The van der Waals surface area contributed by atoms with Crippen molar-refractivity contribution in [3.05, 3.63) is 117 Å². The Balaban J connectivity index is 1.18. The highest BCUT2D eigenvalue weighted by molar-refractivity contribution is 5.95. The number of rotatable bonds is 9. The van der Waals surface area contributed by atoms with Crippen molar-refractivity contribution >= 4 is 11.9 Å². The fraction of sp³-hybridized carbons (Fsp3) is 0.316. The minimum Gasteiger partial charge on any atom is -0.458 e. The molecule has 0 amide bonds. The van der Waals surface area contributed by atoms with E-state index < -0.39 is 11.9 Å². The molecular formula is C38H38O6. The molecule has 0 saturated carbocycles. The van der Waals surface area contributed by atoms with Crippen molar-refractivity contribution in [2.45, 2.75) is 53.4 Å². The van der Waals surface area contributed by atoms with Crippen LogP contribution in [0.25, 0.3) is 0 Å². The summed E-state index contributed by atoms with van der Waals surface area (Å²) in [6.45, 7) is 8.39. The summed E-state index contributed by atoms with van der Waals surface area (Å²) in [7, 11) is 0. The van der Waals surface area contributed by atoms with Crippen molar-refractivity contribution in [1.82, 2.24) is 0 Å². The first-order chi connectivity index (χ1) is 21.3. The molecule has 0 N–H and O–H groups in total. The molecule has 0 atom stereocenters. The highest BCUT2D eigenvalue weighted by atomic mass is 16.6. The Kier molecular flexibility index (Phi) is 8.42. The molecule has 6 heteroatoms. The standard InChI is InChI=1S/C38H38O6/c1-23(2)19-27-13-15-33-29(21-25-9-5-7-11-31(25)43-33)35(27)37(39)41-17-18-42-38(40)36-28(20-24(3)4)14-16-34-30(36)22-26-10-6-8-12-32(26)44-34/h5-16,23-24H,17-22H2,1-4H3. The summed E-state index contributed by atoms with van der Waals surface area (Å²) in [6, 6.07) is 23.5. The van der Waals surface area contributed by atoms with Gasteiger partial charge in [0.25, 0.3) is 0 Å². The van der Waals surface area contributed by atoms with Gasteiger partial charge in [0.1, 0.15) is 36.2 Å². The molecule has 6 rings (SSSR count). The molecule has 0 aromatic heterocycles. The van der Waals surface area contributed by atoms with Gasteiger partial charge in [0, 0.05) is 24.0 Å². The molecule has 6 nitrogen and oxygen atoms in total. The molecule has 0 fully saturated rings. The smallest absolute Gasteiger partial charge is 0.338 e. The quantitative estimate of drug-likeness (QED) is 0.124. The lowest BCUT2D eigenvalue weighted by molar-refractivity contribution is 0.0262. The normalized spacial score (nSPS) is 12.8. The van der Waals surface area contributed by atoms with E-state index >= 15 is 0 Å². The second-order valence-electron chi connectivity index (χ2n) is 12.4. The Bertz CT molecular complexity index is 1590. The number of carbonyl (C=O) groups is 2. The number of esters is 2. The average molecular weight is 591 g/mol. The van der Waals surface area contributed by atoms with Crippen LogP contribution in [0.1, 0.15) is 81.8 Å². The lowest BCUT2D eigenvalue weighted by Crippen LogP contribution is -2.20. The summed E-state index contributed by atoms with van der Waals surface area (Å²) in [5, 5.41) is 0. The van der Waals surface area contributed by atoms with Crippen LogP contribution in [-0.4, -0.2) is 25.2 Å². The van der Waals surface area contributed by atoms with Gasteiger partial charge in [-0.3, -0.25) is 0 Å². The van der Waals surface area contributed by atoms with Crippen molar-refractivity contribution in [1.29, 1.82) is 0 Å². The molecule has 2 aliphatic heterocycles. The molecule has 44 heavy (non-hydrogen) atoms. The van der Waals surface area contributed by atoms with E-state index in [2.05, 4.69) is 27.7 Å². The summed E-state index contributed by atoms with van der Waals surface area (Å²) in [5.41, 5.74) is 6.67. The number of hydrogen-bond acceptors (Lipinski definition) is 6. The number of benzene rings is 4.